The smallest absolute Gasteiger partial charge is 0.268 e. The van der Waals surface area contributed by atoms with E-state index < -0.39 is 5.91 Å². The van der Waals surface area contributed by atoms with Gasteiger partial charge in [0.05, 0.1) is 12.2 Å². The van der Waals surface area contributed by atoms with Crippen molar-refractivity contribution in [1.82, 2.24) is 14.8 Å². The van der Waals surface area contributed by atoms with Crippen molar-refractivity contribution < 1.29 is 4.79 Å². The fourth-order valence-corrected chi connectivity index (χ4v) is 3.49. The Hall–Kier alpha value is -4.02. The third-order valence-corrected chi connectivity index (χ3v) is 5.03. The summed E-state index contributed by atoms with van der Waals surface area (Å²) in [5, 5.41) is 19.1. The van der Waals surface area contributed by atoms with Gasteiger partial charge in [-0.2, -0.15) is 10.4 Å². The average molecular weight is 411 g/mol. The van der Waals surface area contributed by atoms with E-state index in [-0.39, 0.29) is 5.57 Å². The van der Waals surface area contributed by atoms with Crippen LogP contribution in [0.1, 0.15) is 11.1 Å². The number of hydrogen-bond donors (Lipinski definition) is 1. The first kappa shape index (κ1) is 19.3. The van der Waals surface area contributed by atoms with E-state index in [0.29, 0.717) is 22.9 Å². The van der Waals surface area contributed by atoms with Crippen LogP contribution in [0.25, 0.3) is 17.3 Å². The maximum Gasteiger partial charge on any atom is 0.268 e. The molecule has 0 saturated heterocycles. The lowest BCUT2D eigenvalue weighted by Crippen LogP contribution is -2.13. The van der Waals surface area contributed by atoms with E-state index in [9.17, 15) is 10.1 Å². The summed E-state index contributed by atoms with van der Waals surface area (Å²) in [5.41, 5.74) is 3.41. The zero-order valence-corrected chi connectivity index (χ0v) is 16.7. The van der Waals surface area contributed by atoms with Gasteiger partial charge in [-0.3, -0.25) is 14.8 Å². The van der Waals surface area contributed by atoms with Crippen LogP contribution in [-0.2, 0) is 11.3 Å². The number of amides is 1. The molecular weight excluding hydrogens is 394 g/mol. The first-order valence-electron chi connectivity index (χ1n) is 9.22. The Morgan fingerprint density at radius 3 is 2.53 bits per heavy atom. The molecule has 7 heteroatoms. The lowest BCUT2D eigenvalue weighted by molar-refractivity contribution is -0.112. The van der Waals surface area contributed by atoms with Crippen molar-refractivity contribution in [3.63, 3.8) is 0 Å². The molecule has 0 aliphatic rings. The molecule has 2 aromatic carbocycles. The highest BCUT2D eigenvalue weighted by molar-refractivity contribution is 7.13. The van der Waals surface area contributed by atoms with E-state index >= 15 is 0 Å². The number of thiazole rings is 1. The molecule has 146 valence electrons. The number of nitrogens with one attached hydrogen (secondary N) is 1. The van der Waals surface area contributed by atoms with Gasteiger partial charge in [-0.15, -0.1) is 11.3 Å². The fraction of sp³-hybridized carbons (Fsp3) is 0.0435. The predicted molar refractivity (Wildman–Crippen MR) is 118 cm³/mol. The van der Waals surface area contributed by atoms with Crippen molar-refractivity contribution in [2.45, 2.75) is 6.54 Å². The fourth-order valence-electron chi connectivity index (χ4n) is 2.97. The summed E-state index contributed by atoms with van der Waals surface area (Å²) in [6.07, 6.45) is 5.01. The third kappa shape index (κ3) is 4.51. The highest BCUT2D eigenvalue weighted by Crippen LogP contribution is 2.25. The van der Waals surface area contributed by atoms with Crippen molar-refractivity contribution in [2.24, 2.45) is 0 Å². The first-order valence-corrected chi connectivity index (χ1v) is 10.1. The molecule has 4 rings (SSSR count). The molecule has 2 heterocycles. The SMILES string of the molecule is N#C/C(=C\c1cn(Cc2ccccc2)nc1-c1ccccc1)C(=O)Nc1nccs1. The van der Waals surface area contributed by atoms with E-state index in [2.05, 4.69) is 10.3 Å². The maximum absolute atomic E-state index is 12.5. The number of carbonyl (C=O) groups is 1. The molecule has 1 amide bonds. The molecule has 0 fully saturated rings. The van der Waals surface area contributed by atoms with E-state index in [1.807, 2.05) is 77.6 Å². The Kier molecular flexibility index (Phi) is 5.78. The number of rotatable bonds is 6. The number of nitrogens with zero attached hydrogens (tertiary/aromatic N) is 4. The largest absolute Gasteiger partial charge is 0.297 e. The third-order valence-electron chi connectivity index (χ3n) is 4.34. The minimum atomic E-state index is -0.498. The predicted octanol–water partition coefficient (Wildman–Crippen LogP) is 4.60. The van der Waals surface area contributed by atoms with Gasteiger partial charge in [0.1, 0.15) is 11.6 Å². The Balaban J connectivity index is 1.70. The summed E-state index contributed by atoms with van der Waals surface area (Å²) in [6.45, 7) is 0.585. The number of nitriles is 1. The van der Waals surface area contributed by atoms with Gasteiger partial charge in [0.2, 0.25) is 0 Å². The molecule has 6 nitrogen and oxygen atoms in total. The minimum Gasteiger partial charge on any atom is -0.297 e. The van der Waals surface area contributed by atoms with E-state index in [1.54, 1.807) is 17.7 Å². The van der Waals surface area contributed by atoms with Crippen LogP contribution in [0, 0.1) is 11.3 Å². The molecule has 0 spiro atoms. The second-order valence-electron chi connectivity index (χ2n) is 6.44. The molecule has 4 aromatic rings. The summed E-state index contributed by atoms with van der Waals surface area (Å²) < 4.78 is 1.82. The van der Waals surface area contributed by atoms with Crippen LogP contribution in [0.3, 0.4) is 0 Å². The van der Waals surface area contributed by atoms with Crippen molar-refractivity contribution in [3.05, 3.63) is 95.1 Å². The van der Waals surface area contributed by atoms with Crippen LogP contribution >= 0.6 is 11.3 Å². The van der Waals surface area contributed by atoms with Gasteiger partial charge in [0.15, 0.2) is 5.13 Å². The van der Waals surface area contributed by atoms with Crippen molar-refractivity contribution in [2.75, 3.05) is 5.32 Å². The van der Waals surface area contributed by atoms with Gasteiger partial charge in [-0.1, -0.05) is 60.7 Å². The van der Waals surface area contributed by atoms with E-state index in [4.69, 9.17) is 5.10 Å². The molecule has 30 heavy (non-hydrogen) atoms. The molecule has 0 unspecified atom stereocenters. The highest BCUT2D eigenvalue weighted by atomic mass is 32.1. The summed E-state index contributed by atoms with van der Waals surface area (Å²) >= 11 is 1.29. The summed E-state index contributed by atoms with van der Waals surface area (Å²) in [7, 11) is 0. The monoisotopic (exact) mass is 411 g/mol. The van der Waals surface area contributed by atoms with Gasteiger partial charge < -0.3 is 0 Å². The molecule has 2 aromatic heterocycles. The Labute approximate surface area is 177 Å². The molecular formula is C23H17N5OS. The van der Waals surface area contributed by atoms with Crippen LogP contribution in [0.15, 0.2) is 84.0 Å². The number of benzene rings is 2. The summed E-state index contributed by atoms with van der Waals surface area (Å²) in [4.78, 5) is 16.6. The molecule has 1 N–H and O–H groups in total. The topological polar surface area (TPSA) is 83.6 Å². The molecule has 0 saturated carbocycles. The van der Waals surface area contributed by atoms with Gasteiger partial charge in [0, 0.05) is 28.9 Å². The zero-order valence-electron chi connectivity index (χ0n) is 15.9. The van der Waals surface area contributed by atoms with Crippen LogP contribution in [0.5, 0.6) is 0 Å². The maximum atomic E-state index is 12.5. The lowest BCUT2D eigenvalue weighted by atomic mass is 10.1. The molecule has 0 radical (unpaired) electrons. The van der Waals surface area contributed by atoms with Gasteiger partial charge >= 0.3 is 0 Å². The lowest BCUT2D eigenvalue weighted by Gasteiger charge is -2.01. The molecule has 0 bridgehead atoms. The van der Waals surface area contributed by atoms with E-state index in [1.165, 1.54) is 11.3 Å². The van der Waals surface area contributed by atoms with Gasteiger partial charge in [0.25, 0.3) is 5.91 Å². The van der Waals surface area contributed by atoms with Gasteiger partial charge in [-0.05, 0) is 11.6 Å². The summed E-state index contributed by atoms with van der Waals surface area (Å²) in [5.74, 6) is -0.498. The standard InChI is InChI=1S/C23H17N5OS/c24-14-19(22(29)26-23-25-11-12-30-23)13-20-16-28(15-17-7-3-1-4-8-17)27-21(20)18-9-5-2-6-10-18/h1-13,16H,15H2,(H,25,26,29)/b19-13+. The average Bonchev–Trinajstić information content (AvgIpc) is 3.43. The van der Waals surface area contributed by atoms with Crippen LogP contribution in [-0.4, -0.2) is 20.7 Å². The summed E-state index contributed by atoms with van der Waals surface area (Å²) in [6, 6.07) is 21.7. The Morgan fingerprint density at radius 1 is 1.13 bits per heavy atom. The number of hydrogen-bond acceptors (Lipinski definition) is 5. The van der Waals surface area contributed by atoms with Crippen LogP contribution in [0.4, 0.5) is 5.13 Å². The normalized spacial score (nSPS) is 11.1. The molecule has 0 atom stereocenters. The van der Waals surface area contributed by atoms with E-state index in [0.717, 1.165) is 11.1 Å². The first-order chi connectivity index (χ1) is 14.7. The minimum absolute atomic E-state index is 0.0124. The van der Waals surface area contributed by atoms with Crippen LogP contribution < -0.4 is 5.32 Å². The Bertz CT molecular complexity index is 1210. The quantitative estimate of drug-likeness (QED) is 0.371. The molecule has 0 aliphatic heterocycles. The number of anilines is 1. The second-order valence-corrected chi connectivity index (χ2v) is 7.34. The van der Waals surface area contributed by atoms with Crippen molar-refractivity contribution in [3.8, 4) is 17.3 Å². The van der Waals surface area contributed by atoms with Crippen LogP contribution in [0.2, 0.25) is 0 Å². The Morgan fingerprint density at radius 2 is 1.87 bits per heavy atom. The van der Waals surface area contributed by atoms with Crippen molar-refractivity contribution in [1.29, 1.82) is 5.26 Å². The second kappa shape index (κ2) is 8.99. The van der Waals surface area contributed by atoms with Crippen molar-refractivity contribution >= 4 is 28.5 Å². The zero-order chi connectivity index (χ0) is 20.8. The number of aromatic nitrogens is 3. The number of carbonyl (C=O) groups excluding carboxylic acids is 1. The highest BCUT2D eigenvalue weighted by Gasteiger charge is 2.15. The molecule has 0 aliphatic carbocycles. The van der Waals surface area contributed by atoms with Gasteiger partial charge in [-0.25, -0.2) is 4.98 Å².